The second-order valence-corrected chi connectivity index (χ2v) is 4.54. The van der Waals surface area contributed by atoms with Crippen LogP contribution in [0.2, 0.25) is 0 Å². The fourth-order valence-electron chi connectivity index (χ4n) is 2.03. The Morgan fingerprint density at radius 3 is 2.95 bits per heavy atom. The van der Waals surface area contributed by atoms with E-state index in [1.54, 1.807) is 0 Å². The van der Waals surface area contributed by atoms with E-state index < -0.39 is 11.9 Å². The molecule has 2 rings (SSSR count). The monoisotopic (exact) mass is 266 g/mol. The van der Waals surface area contributed by atoms with E-state index in [0.29, 0.717) is 18.4 Å². The molecule has 0 aliphatic carbocycles. The van der Waals surface area contributed by atoms with Crippen LogP contribution in [0.25, 0.3) is 0 Å². The number of hydrogen-bond acceptors (Lipinski definition) is 4. The third kappa shape index (κ3) is 2.90. The molecule has 2 N–H and O–H groups in total. The second-order valence-electron chi connectivity index (χ2n) is 4.54. The minimum Gasteiger partial charge on any atom is -0.508 e. The number of carbonyl (C=O) groups is 2. The molecule has 0 aromatic heterocycles. The number of rotatable bonds is 3. The third-order valence-corrected chi connectivity index (χ3v) is 3.23. The molecule has 1 aromatic carbocycles. The van der Waals surface area contributed by atoms with Crippen LogP contribution < -0.4 is 5.32 Å². The highest BCUT2D eigenvalue weighted by atomic mass is 19.1. The van der Waals surface area contributed by atoms with Crippen molar-refractivity contribution in [2.75, 3.05) is 7.05 Å². The molecule has 1 aromatic rings. The Hall–Kier alpha value is -1.95. The normalized spacial score (nSPS) is 19.9. The van der Waals surface area contributed by atoms with E-state index in [4.69, 9.17) is 0 Å². The number of aromatic hydroxyl groups is 1. The number of halogens is 1. The standard InChI is InChI=1S/C13H15FN2O3/c1-16-12(18)5-3-10(13(16)19)15-7-8-6-9(14)2-4-11(8)17/h2,4,6,10,15,17H,3,5,7H2,1H3. The van der Waals surface area contributed by atoms with Gasteiger partial charge in [0.25, 0.3) is 0 Å². The summed E-state index contributed by atoms with van der Waals surface area (Å²) in [7, 11) is 1.44. The number of nitrogens with one attached hydrogen (secondary N) is 1. The zero-order chi connectivity index (χ0) is 14.0. The van der Waals surface area contributed by atoms with Crippen molar-refractivity contribution in [3.63, 3.8) is 0 Å². The molecular weight excluding hydrogens is 251 g/mol. The SMILES string of the molecule is CN1C(=O)CCC(NCc2cc(F)ccc2O)C1=O. The lowest BCUT2D eigenvalue weighted by Gasteiger charge is -2.28. The lowest BCUT2D eigenvalue weighted by molar-refractivity contribution is -0.148. The first-order chi connectivity index (χ1) is 8.99. The molecule has 5 nitrogen and oxygen atoms in total. The van der Waals surface area contributed by atoms with Crippen LogP contribution in [-0.4, -0.2) is 34.9 Å². The molecular formula is C13H15FN2O3. The lowest BCUT2D eigenvalue weighted by atomic mass is 10.0. The molecule has 102 valence electrons. The molecule has 1 unspecified atom stereocenters. The van der Waals surface area contributed by atoms with Crippen LogP contribution >= 0.6 is 0 Å². The largest absolute Gasteiger partial charge is 0.508 e. The van der Waals surface area contributed by atoms with Gasteiger partial charge in [-0.25, -0.2) is 4.39 Å². The van der Waals surface area contributed by atoms with Crippen molar-refractivity contribution < 1.29 is 19.1 Å². The van der Waals surface area contributed by atoms with E-state index in [0.717, 1.165) is 11.0 Å². The van der Waals surface area contributed by atoms with Gasteiger partial charge in [0.15, 0.2) is 0 Å². The maximum atomic E-state index is 13.0. The van der Waals surface area contributed by atoms with Crippen molar-refractivity contribution in [1.82, 2.24) is 10.2 Å². The number of likely N-dealkylation sites (N-methyl/N-ethyl adjacent to an activating group) is 1. The van der Waals surface area contributed by atoms with Gasteiger partial charge in [0.2, 0.25) is 11.8 Å². The highest BCUT2D eigenvalue weighted by molar-refractivity contribution is 6.00. The zero-order valence-electron chi connectivity index (χ0n) is 10.5. The molecule has 19 heavy (non-hydrogen) atoms. The Labute approximate surface area is 110 Å². The Balaban J connectivity index is 2.01. The number of imide groups is 1. The van der Waals surface area contributed by atoms with Crippen molar-refractivity contribution >= 4 is 11.8 Å². The van der Waals surface area contributed by atoms with Gasteiger partial charge in [-0.3, -0.25) is 14.5 Å². The Morgan fingerprint density at radius 2 is 2.21 bits per heavy atom. The quantitative estimate of drug-likeness (QED) is 0.793. The van der Waals surface area contributed by atoms with Gasteiger partial charge in [-0.05, 0) is 24.6 Å². The molecule has 1 aliphatic heterocycles. The van der Waals surface area contributed by atoms with Gasteiger partial charge in [-0.1, -0.05) is 0 Å². The minimum atomic E-state index is -0.481. The van der Waals surface area contributed by atoms with Crippen LogP contribution in [0.3, 0.4) is 0 Å². The molecule has 6 heteroatoms. The second kappa shape index (κ2) is 5.36. The predicted octanol–water partition coefficient (Wildman–Crippen LogP) is 0.768. The summed E-state index contributed by atoms with van der Waals surface area (Å²) in [5, 5.41) is 12.5. The van der Waals surface area contributed by atoms with E-state index in [-0.39, 0.29) is 24.1 Å². The van der Waals surface area contributed by atoms with E-state index in [2.05, 4.69) is 5.32 Å². The van der Waals surface area contributed by atoms with Crippen molar-refractivity contribution in [3.8, 4) is 5.75 Å². The van der Waals surface area contributed by atoms with Gasteiger partial charge in [-0.15, -0.1) is 0 Å². The van der Waals surface area contributed by atoms with Crippen LogP contribution in [-0.2, 0) is 16.1 Å². The summed E-state index contributed by atoms with van der Waals surface area (Å²) in [5.74, 6) is -0.970. The summed E-state index contributed by atoms with van der Waals surface area (Å²) in [5.41, 5.74) is 0.382. The summed E-state index contributed by atoms with van der Waals surface area (Å²) in [6.45, 7) is 0.169. The number of piperidine rings is 1. The van der Waals surface area contributed by atoms with Gasteiger partial charge in [0, 0.05) is 25.6 Å². The van der Waals surface area contributed by atoms with Crippen molar-refractivity contribution in [3.05, 3.63) is 29.6 Å². The number of likely N-dealkylation sites (tertiary alicyclic amines) is 1. The Kier molecular flexibility index (Phi) is 3.80. The number of phenols is 1. The average Bonchev–Trinajstić information content (AvgIpc) is 2.39. The van der Waals surface area contributed by atoms with Gasteiger partial charge in [0.05, 0.1) is 6.04 Å². The molecule has 0 spiro atoms. The number of nitrogens with zero attached hydrogens (tertiary/aromatic N) is 1. The van der Waals surface area contributed by atoms with Crippen molar-refractivity contribution in [2.45, 2.75) is 25.4 Å². The average molecular weight is 266 g/mol. The predicted molar refractivity (Wildman–Crippen MR) is 65.7 cm³/mol. The van der Waals surface area contributed by atoms with Gasteiger partial charge < -0.3 is 10.4 Å². The molecule has 1 saturated heterocycles. The maximum Gasteiger partial charge on any atom is 0.246 e. The molecule has 1 atom stereocenters. The fourth-order valence-corrected chi connectivity index (χ4v) is 2.03. The first-order valence-electron chi connectivity index (χ1n) is 6.00. The number of hydrogen-bond donors (Lipinski definition) is 2. The van der Waals surface area contributed by atoms with Gasteiger partial charge in [0.1, 0.15) is 11.6 Å². The minimum absolute atomic E-state index is 0.0263. The summed E-state index contributed by atoms with van der Waals surface area (Å²) in [4.78, 5) is 24.2. The van der Waals surface area contributed by atoms with E-state index in [1.807, 2.05) is 0 Å². The van der Waals surface area contributed by atoms with Gasteiger partial charge in [-0.2, -0.15) is 0 Å². The topological polar surface area (TPSA) is 69.6 Å². The summed E-state index contributed by atoms with van der Waals surface area (Å²) >= 11 is 0. The number of benzene rings is 1. The van der Waals surface area contributed by atoms with Gasteiger partial charge >= 0.3 is 0 Å². The lowest BCUT2D eigenvalue weighted by Crippen LogP contribution is -2.51. The molecule has 2 amide bonds. The maximum absolute atomic E-state index is 13.0. The summed E-state index contributed by atoms with van der Waals surface area (Å²) < 4.78 is 13.0. The van der Waals surface area contributed by atoms with Crippen molar-refractivity contribution in [1.29, 1.82) is 0 Å². The van der Waals surface area contributed by atoms with Crippen LogP contribution in [0.4, 0.5) is 4.39 Å². The van der Waals surface area contributed by atoms with Crippen LogP contribution in [0.5, 0.6) is 5.75 Å². The number of carbonyl (C=O) groups excluding carboxylic acids is 2. The first-order valence-corrected chi connectivity index (χ1v) is 6.00. The first kappa shape index (κ1) is 13.5. The highest BCUT2D eigenvalue weighted by Crippen LogP contribution is 2.19. The number of amides is 2. The van der Waals surface area contributed by atoms with E-state index >= 15 is 0 Å². The fraction of sp³-hybridized carbons (Fsp3) is 0.385. The Bertz CT molecular complexity index is 519. The van der Waals surface area contributed by atoms with Crippen LogP contribution in [0.15, 0.2) is 18.2 Å². The summed E-state index contributed by atoms with van der Waals surface area (Å²) in [6, 6.07) is 3.16. The van der Waals surface area contributed by atoms with E-state index in [9.17, 15) is 19.1 Å². The molecule has 1 fully saturated rings. The van der Waals surface area contributed by atoms with E-state index in [1.165, 1.54) is 19.2 Å². The van der Waals surface area contributed by atoms with Crippen molar-refractivity contribution in [2.24, 2.45) is 0 Å². The summed E-state index contributed by atoms with van der Waals surface area (Å²) in [6.07, 6.45) is 0.715. The molecule has 0 saturated carbocycles. The number of phenolic OH excluding ortho intramolecular Hbond substituents is 1. The van der Waals surface area contributed by atoms with Crippen LogP contribution in [0, 0.1) is 5.82 Å². The molecule has 1 aliphatic rings. The van der Waals surface area contributed by atoms with Crippen LogP contribution in [0.1, 0.15) is 18.4 Å². The highest BCUT2D eigenvalue weighted by Gasteiger charge is 2.31. The smallest absolute Gasteiger partial charge is 0.246 e. The molecule has 0 radical (unpaired) electrons. The molecule has 0 bridgehead atoms. The molecule has 1 heterocycles. The third-order valence-electron chi connectivity index (χ3n) is 3.23. The zero-order valence-corrected chi connectivity index (χ0v) is 10.5. The Morgan fingerprint density at radius 1 is 1.47 bits per heavy atom.